The second-order valence-electron chi connectivity index (χ2n) is 6.78. The highest BCUT2D eigenvalue weighted by Crippen LogP contribution is 2.30. The Bertz CT molecular complexity index is 1130. The highest BCUT2D eigenvalue weighted by atomic mass is 32.1. The Morgan fingerprint density at radius 1 is 1.11 bits per heavy atom. The van der Waals surface area contributed by atoms with E-state index in [0.717, 1.165) is 21.9 Å². The Balaban J connectivity index is 1.62. The summed E-state index contributed by atoms with van der Waals surface area (Å²) in [6.07, 6.45) is 2.00. The van der Waals surface area contributed by atoms with Gasteiger partial charge in [-0.05, 0) is 32.9 Å². The maximum atomic E-state index is 12.9. The molecule has 4 rings (SSSR count). The standard InChI is InChI=1S/C22H21N3O2S/c1-14(2)27-19-12-8-7-11-17(19)23-21(26)20-15(3)25-13-18(24-22(25)28-20)16-9-5-4-6-10-16/h4-14H,1-3H3,(H,23,26). The van der Waals surface area contributed by atoms with Crippen LogP contribution in [-0.4, -0.2) is 21.4 Å². The molecule has 0 aliphatic rings. The number of aromatic nitrogens is 2. The van der Waals surface area contributed by atoms with E-state index in [0.29, 0.717) is 16.3 Å². The van der Waals surface area contributed by atoms with Gasteiger partial charge in [0, 0.05) is 17.5 Å². The number of nitrogens with one attached hydrogen (secondary N) is 1. The van der Waals surface area contributed by atoms with Gasteiger partial charge >= 0.3 is 0 Å². The number of amides is 1. The SMILES string of the molecule is Cc1c(C(=O)Nc2ccccc2OC(C)C)sc2nc(-c3ccccc3)cn12. The van der Waals surface area contributed by atoms with E-state index in [2.05, 4.69) is 10.3 Å². The van der Waals surface area contributed by atoms with Gasteiger partial charge in [0.15, 0.2) is 4.96 Å². The molecule has 0 saturated carbocycles. The zero-order valence-corrected chi connectivity index (χ0v) is 16.8. The topological polar surface area (TPSA) is 55.6 Å². The highest BCUT2D eigenvalue weighted by Gasteiger charge is 2.19. The maximum absolute atomic E-state index is 12.9. The Labute approximate surface area is 167 Å². The third-order valence-electron chi connectivity index (χ3n) is 4.33. The van der Waals surface area contributed by atoms with E-state index in [1.165, 1.54) is 11.3 Å². The van der Waals surface area contributed by atoms with Crippen LogP contribution in [0.3, 0.4) is 0 Å². The molecule has 142 valence electrons. The molecule has 2 aromatic carbocycles. The van der Waals surface area contributed by atoms with Gasteiger partial charge in [-0.2, -0.15) is 0 Å². The lowest BCUT2D eigenvalue weighted by atomic mass is 10.2. The average molecular weight is 391 g/mol. The number of imidazole rings is 1. The van der Waals surface area contributed by atoms with Gasteiger partial charge in [0.05, 0.1) is 17.5 Å². The number of aryl methyl sites for hydroxylation is 1. The van der Waals surface area contributed by atoms with Crippen molar-refractivity contribution in [2.24, 2.45) is 0 Å². The zero-order chi connectivity index (χ0) is 19.7. The fourth-order valence-electron chi connectivity index (χ4n) is 3.01. The largest absolute Gasteiger partial charge is 0.489 e. The molecule has 1 N–H and O–H groups in total. The van der Waals surface area contributed by atoms with E-state index in [1.807, 2.05) is 86.0 Å². The smallest absolute Gasteiger partial charge is 0.267 e. The maximum Gasteiger partial charge on any atom is 0.267 e. The minimum Gasteiger partial charge on any atom is -0.489 e. The third kappa shape index (κ3) is 3.51. The Morgan fingerprint density at radius 3 is 2.54 bits per heavy atom. The number of anilines is 1. The fourth-order valence-corrected chi connectivity index (χ4v) is 4.02. The molecule has 2 heterocycles. The van der Waals surface area contributed by atoms with Gasteiger partial charge in [-0.25, -0.2) is 4.98 Å². The first-order chi connectivity index (χ1) is 13.5. The first-order valence-corrected chi connectivity index (χ1v) is 9.95. The Morgan fingerprint density at radius 2 is 1.82 bits per heavy atom. The molecule has 5 nitrogen and oxygen atoms in total. The molecule has 0 atom stereocenters. The second kappa shape index (κ2) is 7.48. The van der Waals surface area contributed by atoms with Crippen LogP contribution < -0.4 is 10.1 Å². The van der Waals surface area contributed by atoms with Crippen LogP contribution in [0.5, 0.6) is 5.75 Å². The van der Waals surface area contributed by atoms with E-state index in [4.69, 9.17) is 4.74 Å². The first-order valence-electron chi connectivity index (χ1n) is 9.14. The van der Waals surface area contributed by atoms with Crippen LogP contribution in [0.4, 0.5) is 5.69 Å². The number of benzene rings is 2. The van der Waals surface area contributed by atoms with E-state index < -0.39 is 0 Å². The van der Waals surface area contributed by atoms with Crippen LogP contribution in [-0.2, 0) is 0 Å². The number of nitrogens with zero attached hydrogens (tertiary/aromatic N) is 2. The summed E-state index contributed by atoms with van der Waals surface area (Å²) < 4.78 is 7.76. The van der Waals surface area contributed by atoms with Gasteiger partial charge < -0.3 is 10.1 Å². The monoisotopic (exact) mass is 391 g/mol. The first kappa shape index (κ1) is 18.3. The van der Waals surface area contributed by atoms with Crippen molar-refractivity contribution in [3.63, 3.8) is 0 Å². The van der Waals surface area contributed by atoms with Crippen LogP contribution in [0.2, 0.25) is 0 Å². The minimum absolute atomic E-state index is 0.0289. The summed E-state index contributed by atoms with van der Waals surface area (Å²) >= 11 is 1.39. The number of para-hydroxylation sites is 2. The molecule has 0 saturated heterocycles. The lowest BCUT2D eigenvalue weighted by Gasteiger charge is -2.14. The average Bonchev–Trinajstić information content (AvgIpc) is 3.23. The molecule has 0 spiro atoms. The quantitative estimate of drug-likeness (QED) is 0.495. The summed E-state index contributed by atoms with van der Waals surface area (Å²) in [5.41, 5.74) is 3.49. The number of hydrogen-bond donors (Lipinski definition) is 1. The molecule has 0 radical (unpaired) electrons. The van der Waals surface area contributed by atoms with Crippen molar-refractivity contribution in [3.05, 3.63) is 71.4 Å². The van der Waals surface area contributed by atoms with E-state index in [9.17, 15) is 4.79 Å². The molecule has 0 unspecified atom stereocenters. The van der Waals surface area contributed by atoms with Crippen LogP contribution in [0.15, 0.2) is 60.8 Å². The Hall–Kier alpha value is -3.12. The van der Waals surface area contributed by atoms with Crippen molar-refractivity contribution in [1.29, 1.82) is 0 Å². The highest BCUT2D eigenvalue weighted by molar-refractivity contribution is 7.19. The van der Waals surface area contributed by atoms with Crippen molar-refractivity contribution in [2.75, 3.05) is 5.32 Å². The van der Waals surface area contributed by atoms with Crippen LogP contribution in [0.1, 0.15) is 29.2 Å². The van der Waals surface area contributed by atoms with Crippen LogP contribution in [0, 0.1) is 6.92 Å². The molecular formula is C22H21N3O2S. The van der Waals surface area contributed by atoms with E-state index >= 15 is 0 Å². The molecule has 2 aromatic heterocycles. The van der Waals surface area contributed by atoms with Gasteiger partial charge in [-0.3, -0.25) is 9.20 Å². The van der Waals surface area contributed by atoms with Crippen molar-refractivity contribution >= 4 is 27.9 Å². The van der Waals surface area contributed by atoms with E-state index in [1.54, 1.807) is 0 Å². The van der Waals surface area contributed by atoms with Gasteiger partial charge in [0.1, 0.15) is 10.6 Å². The molecule has 0 bridgehead atoms. The number of rotatable bonds is 5. The Kier molecular flexibility index (Phi) is 4.88. The number of carbonyl (C=O) groups is 1. The van der Waals surface area contributed by atoms with Gasteiger partial charge in [-0.15, -0.1) is 0 Å². The molecule has 0 aliphatic heterocycles. The number of hydrogen-bond acceptors (Lipinski definition) is 4. The summed E-state index contributed by atoms with van der Waals surface area (Å²) in [5.74, 6) is 0.505. The van der Waals surface area contributed by atoms with Crippen molar-refractivity contribution in [2.45, 2.75) is 26.9 Å². The predicted octanol–water partition coefficient (Wildman–Crippen LogP) is 5.41. The fraction of sp³-hybridized carbons (Fsp3) is 0.182. The van der Waals surface area contributed by atoms with Gasteiger partial charge in [-0.1, -0.05) is 53.8 Å². The molecular weight excluding hydrogens is 370 g/mol. The van der Waals surface area contributed by atoms with Crippen molar-refractivity contribution in [3.8, 4) is 17.0 Å². The normalized spacial score (nSPS) is 11.1. The summed E-state index contributed by atoms with van der Waals surface area (Å²) in [6, 6.07) is 17.5. The third-order valence-corrected chi connectivity index (χ3v) is 5.49. The number of ether oxygens (including phenoxy) is 1. The molecule has 0 aliphatic carbocycles. The van der Waals surface area contributed by atoms with Crippen molar-refractivity contribution < 1.29 is 9.53 Å². The lowest BCUT2D eigenvalue weighted by molar-refractivity contribution is 0.102. The molecule has 6 heteroatoms. The van der Waals surface area contributed by atoms with Crippen LogP contribution in [0.25, 0.3) is 16.2 Å². The lowest BCUT2D eigenvalue weighted by Crippen LogP contribution is -2.14. The van der Waals surface area contributed by atoms with Crippen LogP contribution >= 0.6 is 11.3 Å². The van der Waals surface area contributed by atoms with Crippen molar-refractivity contribution in [1.82, 2.24) is 9.38 Å². The second-order valence-corrected chi connectivity index (χ2v) is 7.76. The summed E-state index contributed by atoms with van der Waals surface area (Å²) in [5, 5.41) is 2.98. The number of fused-ring (bicyclic) bond motifs is 1. The summed E-state index contributed by atoms with van der Waals surface area (Å²) in [4.78, 5) is 19.0. The van der Waals surface area contributed by atoms with Gasteiger partial charge in [0.25, 0.3) is 5.91 Å². The molecule has 0 fully saturated rings. The summed E-state index contributed by atoms with van der Waals surface area (Å²) in [7, 11) is 0. The van der Waals surface area contributed by atoms with Gasteiger partial charge in [0.2, 0.25) is 0 Å². The van der Waals surface area contributed by atoms with E-state index in [-0.39, 0.29) is 12.0 Å². The predicted molar refractivity (Wildman–Crippen MR) is 113 cm³/mol. The minimum atomic E-state index is -0.158. The molecule has 4 aromatic rings. The number of thiazole rings is 1. The summed E-state index contributed by atoms with van der Waals surface area (Å²) in [6.45, 7) is 5.86. The molecule has 28 heavy (non-hydrogen) atoms. The molecule has 1 amide bonds. The zero-order valence-electron chi connectivity index (χ0n) is 16.0. The number of carbonyl (C=O) groups excluding carboxylic acids is 1.